The first-order valence-electron chi connectivity index (χ1n) is 6.30. The summed E-state index contributed by atoms with van der Waals surface area (Å²) in [5, 5.41) is 2.48. The van der Waals surface area contributed by atoms with Gasteiger partial charge < -0.3 is 20.5 Å². The van der Waals surface area contributed by atoms with E-state index >= 15 is 0 Å². The lowest BCUT2D eigenvalue weighted by Crippen LogP contribution is -2.19. The molecule has 0 unspecified atom stereocenters. The van der Waals surface area contributed by atoms with Gasteiger partial charge in [-0.3, -0.25) is 9.78 Å². The number of pyridine rings is 2. The fourth-order valence-electron chi connectivity index (χ4n) is 1.65. The minimum atomic E-state index is -0.940. The number of aryl methyl sites for hydroxylation is 1. The van der Waals surface area contributed by atoms with Gasteiger partial charge in [0.2, 0.25) is 5.88 Å². The van der Waals surface area contributed by atoms with Crippen LogP contribution in [0.3, 0.4) is 0 Å². The predicted octanol–water partition coefficient (Wildman–Crippen LogP) is 1.39. The van der Waals surface area contributed by atoms with E-state index in [0.717, 1.165) is 0 Å². The van der Waals surface area contributed by atoms with Crippen LogP contribution < -0.4 is 20.5 Å². The van der Waals surface area contributed by atoms with Gasteiger partial charge in [-0.25, -0.2) is 9.78 Å². The summed E-state index contributed by atoms with van der Waals surface area (Å²) in [7, 11) is 1.52. The molecule has 0 radical (unpaired) electrons. The number of hydrogen-bond acceptors (Lipinski definition) is 6. The van der Waals surface area contributed by atoms with Crippen molar-refractivity contribution in [2.45, 2.75) is 6.92 Å². The van der Waals surface area contributed by atoms with E-state index in [1.54, 1.807) is 19.1 Å². The van der Waals surface area contributed by atoms with Crippen LogP contribution in [0.4, 0.5) is 4.79 Å². The molecule has 2 amide bonds. The molecular weight excluding hydrogens is 288 g/mol. The number of carbonyl (C=O) groups is 2. The van der Waals surface area contributed by atoms with Crippen molar-refractivity contribution in [1.29, 1.82) is 0 Å². The Labute approximate surface area is 126 Å². The van der Waals surface area contributed by atoms with Gasteiger partial charge in [0.25, 0.3) is 5.91 Å². The molecule has 0 aliphatic heterocycles. The van der Waals surface area contributed by atoms with Crippen LogP contribution >= 0.6 is 0 Å². The van der Waals surface area contributed by atoms with Crippen LogP contribution in [0.15, 0.2) is 30.5 Å². The Hall–Kier alpha value is -3.16. The van der Waals surface area contributed by atoms with E-state index in [1.807, 2.05) is 0 Å². The van der Waals surface area contributed by atoms with Crippen LogP contribution in [0, 0.1) is 6.92 Å². The Morgan fingerprint density at radius 2 is 2.05 bits per heavy atom. The molecule has 0 fully saturated rings. The molecule has 0 spiro atoms. The molecule has 3 N–H and O–H groups in total. The zero-order valence-electron chi connectivity index (χ0n) is 12.0. The zero-order chi connectivity index (χ0) is 16.1. The molecule has 2 rings (SSSR count). The number of nitrogens with one attached hydrogen (secondary N) is 1. The zero-order valence-corrected chi connectivity index (χ0v) is 12.0. The van der Waals surface area contributed by atoms with Crippen molar-refractivity contribution in [3.8, 4) is 17.4 Å². The summed E-state index contributed by atoms with van der Waals surface area (Å²) >= 11 is 0. The summed E-state index contributed by atoms with van der Waals surface area (Å²) in [6.07, 6.45) is 0.526. The number of nitrogens with zero attached hydrogens (tertiary/aromatic N) is 2. The van der Waals surface area contributed by atoms with Gasteiger partial charge in [0.15, 0.2) is 0 Å². The van der Waals surface area contributed by atoms with E-state index < -0.39 is 6.09 Å². The second kappa shape index (κ2) is 6.53. The number of carbonyl (C=O) groups excluding carboxylic acids is 2. The topological polar surface area (TPSA) is 116 Å². The lowest BCUT2D eigenvalue weighted by molar-refractivity contribution is 0.0958. The van der Waals surface area contributed by atoms with E-state index in [1.165, 1.54) is 25.4 Å². The van der Waals surface area contributed by atoms with Crippen molar-refractivity contribution in [3.63, 3.8) is 0 Å². The van der Waals surface area contributed by atoms with Crippen LogP contribution in [-0.4, -0.2) is 29.0 Å². The fraction of sp³-hybridized carbons (Fsp3) is 0.143. The molecule has 2 aromatic heterocycles. The van der Waals surface area contributed by atoms with Gasteiger partial charge in [-0.1, -0.05) is 0 Å². The number of amides is 2. The normalized spacial score (nSPS) is 9.91. The van der Waals surface area contributed by atoms with Crippen LogP contribution in [0.25, 0.3) is 0 Å². The first kappa shape index (κ1) is 15.2. The first-order chi connectivity index (χ1) is 10.5. The maximum atomic E-state index is 11.5. The summed E-state index contributed by atoms with van der Waals surface area (Å²) < 4.78 is 10.3. The maximum absolute atomic E-state index is 11.5. The molecule has 0 aliphatic rings. The fourth-order valence-corrected chi connectivity index (χ4v) is 1.65. The molecule has 2 aromatic rings. The third-order valence-corrected chi connectivity index (χ3v) is 2.64. The second-order valence-electron chi connectivity index (χ2n) is 4.21. The van der Waals surface area contributed by atoms with Crippen molar-refractivity contribution in [1.82, 2.24) is 15.3 Å². The van der Waals surface area contributed by atoms with Gasteiger partial charge in [-0.2, -0.15) is 0 Å². The van der Waals surface area contributed by atoms with Crippen molar-refractivity contribution < 1.29 is 19.1 Å². The molecular formula is C14H14N4O4. The molecule has 8 heteroatoms. The minimum Gasteiger partial charge on any atom is -0.455 e. The molecule has 0 aromatic carbocycles. The van der Waals surface area contributed by atoms with Gasteiger partial charge in [0, 0.05) is 25.4 Å². The number of primary amides is 1. The average Bonchev–Trinajstić information content (AvgIpc) is 2.49. The van der Waals surface area contributed by atoms with Gasteiger partial charge in [0.1, 0.15) is 17.2 Å². The Morgan fingerprint density at radius 1 is 1.27 bits per heavy atom. The van der Waals surface area contributed by atoms with Gasteiger partial charge in [0.05, 0.1) is 5.69 Å². The number of nitrogens with two attached hydrogens (primary N) is 1. The number of rotatable bonds is 4. The SMILES string of the molecule is CNC(=O)c1cc(Oc2ccc(OC(N)=O)nc2C)ccn1. The number of ether oxygens (including phenoxy) is 2. The first-order valence-corrected chi connectivity index (χ1v) is 6.30. The van der Waals surface area contributed by atoms with E-state index in [4.69, 9.17) is 10.5 Å². The highest BCUT2D eigenvalue weighted by atomic mass is 16.6. The van der Waals surface area contributed by atoms with E-state index in [2.05, 4.69) is 20.0 Å². The highest BCUT2D eigenvalue weighted by Gasteiger charge is 2.10. The maximum Gasteiger partial charge on any atom is 0.411 e. The van der Waals surface area contributed by atoms with Crippen molar-refractivity contribution in [3.05, 3.63) is 41.9 Å². The van der Waals surface area contributed by atoms with Crippen LogP contribution in [-0.2, 0) is 0 Å². The average molecular weight is 302 g/mol. The van der Waals surface area contributed by atoms with Crippen LogP contribution in [0.1, 0.15) is 16.2 Å². The van der Waals surface area contributed by atoms with Gasteiger partial charge in [-0.05, 0) is 19.1 Å². The molecule has 2 heterocycles. The van der Waals surface area contributed by atoms with Gasteiger partial charge in [-0.15, -0.1) is 0 Å². The van der Waals surface area contributed by atoms with Crippen LogP contribution in [0.2, 0.25) is 0 Å². The highest BCUT2D eigenvalue weighted by molar-refractivity contribution is 5.92. The van der Waals surface area contributed by atoms with Crippen molar-refractivity contribution in [2.75, 3.05) is 7.05 Å². The molecule has 114 valence electrons. The van der Waals surface area contributed by atoms with Crippen molar-refractivity contribution in [2.24, 2.45) is 5.73 Å². The van der Waals surface area contributed by atoms with E-state index in [-0.39, 0.29) is 17.5 Å². The van der Waals surface area contributed by atoms with E-state index in [9.17, 15) is 9.59 Å². The third-order valence-electron chi connectivity index (χ3n) is 2.64. The predicted molar refractivity (Wildman–Crippen MR) is 76.9 cm³/mol. The largest absolute Gasteiger partial charge is 0.455 e. The Kier molecular flexibility index (Phi) is 4.52. The Bertz CT molecular complexity index is 718. The molecule has 0 saturated carbocycles. The second-order valence-corrected chi connectivity index (χ2v) is 4.21. The summed E-state index contributed by atoms with van der Waals surface area (Å²) in [6.45, 7) is 1.68. The molecule has 0 atom stereocenters. The minimum absolute atomic E-state index is 0.0816. The lowest BCUT2D eigenvalue weighted by atomic mass is 10.3. The number of aromatic nitrogens is 2. The molecule has 0 bridgehead atoms. The van der Waals surface area contributed by atoms with Crippen molar-refractivity contribution >= 4 is 12.0 Å². The third kappa shape index (κ3) is 3.69. The number of hydrogen-bond donors (Lipinski definition) is 2. The highest BCUT2D eigenvalue weighted by Crippen LogP contribution is 2.25. The molecule has 0 aliphatic carbocycles. The molecule has 8 nitrogen and oxygen atoms in total. The standard InChI is InChI=1S/C14H14N4O4/c1-8-11(3-4-12(18-8)22-14(15)20)21-9-5-6-17-10(7-9)13(19)16-2/h3-7H,1-2H3,(H2,15,20)(H,16,19). The Balaban J connectivity index is 2.20. The monoisotopic (exact) mass is 302 g/mol. The van der Waals surface area contributed by atoms with Gasteiger partial charge >= 0.3 is 6.09 Å². The Morgan fingerprint density at radius 3 is 2.68 bits per heavy atom. The quantitative estimate of drug-likeness (QED) is 0.881. The lowest BCUT2D eigenvalue weighted by Gasteiger charge is -2.09. The van der Waals surface area contributed by atoms with E-state index in [0.29, 0.717) is 17.2 Å². The summed E-state index contributed by atoms with van der Waals surface area (Å²) in [5.74, 6) is 0.650. The smallest absolute Gasteiger partial charge is 0.411 e. The molecule has 0 saturated heterocycles. The summed E-state index contributed by atoms with van der Waals surface area (Å²) in [5.41, 5.74) is 5.65. The summed E-state index contributed by atoms with van der Waals surface area (Å²) in [4.78, 5) is 30.2. The summed E-state index contributed by atoms with van der Waals surface area (Å²) in [6, 6.07) is 6.15. The molecule has 22 heavy (non-hydrogen) atoms. The van der Waals surface area contributed by atoms with Crippen LogP contribution in [0.5, 0.6) is 17.4 Å².